The Morgan fingerprint density at radius 2 is 0.891 bits per heavy atom. The summed E-state index contributed by atoms with van der Waals surface area (Å²) in [6.07, 6.45) is 0. The number of rotatable bonds is 6. The van der Waals surface area contributed by atoms with Crippen molar-refractivity contribution in [3.63, 3.8) is 0 Å². The Hall–Kier alpha value is -7.61. The molecular formula is C51H32N4. The molecule has 0 aliphatic heterocycles. The lowest BCUT2D eigenvalue weighted by Gasteiger charge is -2.12. The van der Waals surface area contributed by atoms with Crippen LogP contribution in [-0.4, -0.2) is 14.5 Å². The highest BCUT2D eigenvalue weighted by Crippen LogP contribution is 2.36. The fourth-order valence-electron chi connectivity index (χ4n) is 7.68. The van der Waals surface area contributed by atoms with Crippen molar-refractivity contribution in [1.29, 1.82) is 5.26 Å². The van der Waals surface area contributed by atoms with E-state index < -0.39 is 0 Å². The van der Waals surface area contributed by atoms with Crippen molar-refractivity contribution in [3.8, 4) is 67.9 Å². The van der Waals surface area contributed by atoms with Crippen molar-refractivity contribution in [1.82, 2.24) is 14.5 Å². The average molecular weight is 701 g/mol. The molecule has 256 valence electrons. The van der Waals surface area contributed by atoms with Crippen molar-refractivity contribution in [3.05, 3.63) is 200 Å². The van der Waals surface area contributed by atoms with Crippen LogP contribution in [0.25, 0.3) is 94.4 Å². The first kappa shape index (κ1) is 32.1. The summed E-state index contributed by atoms with van der Waals surface area (Å²) < 4.78 is 2.27. The standard InChI is InChI=1S/C51H32N4/c52-33-34-27-42(31-44(28-34)55-49-17-9-7-15-45(49)46-16-8-10-18-50(46)55)41-26-22-36-21-25-40(29-43(36)30-41)35-19-23-39(24-20-35)51-53-47(37-11-3-1-4-12-37)32-48(54-51)38-13-5-2-6-14-38/h1-32H. The van der Waals surface area contributed by atoms with E-state index in [2.05, 4.69) is 156 Å². The molecule has 0 radical (unpaired) electrons. The highest BCUT2D eigenvalue weighted by atomic mass is 15.0. The first-order chi connectivity index (χ1) is 27.2. The molecule has 2 aromatic heterocycles. The molecule has 8 aromatic carbocycles. The second-order valence-electron chi connectivity index (χ2n) is 13.8. The van der Waals surface area contributed by atoms with Gasteiger partial charge in [-0.2, -0.15) is 5.26 Å². The minimum Gasteiger partial charge on any atom is -0.309 e. The Morgan fingerprint density at radius 1 is 0.382 bits per heavy atom. The number of hydrogen-bond acceptors (Lipinski definition) is 3. The van der Waals surface area contributed by atoms with Crippen LogP contribution in [0.4, 0.5) is 0 Å². The second kappa shape index (κ2) is 13.4. The molecule has 10 rings (SSSR count). The second-order valence-corrected chi connectivity index (χ2v) is 13.8. The van der Waals surface area contributed by atoms with Crippen molar-refractivity contribution in [2.24, 2.45) is 0 Å². The van der Waals surface area contributed by atoms with Crippen LogP contribution in [0, 0.1) is 11.3 Å². The lowest BCUT2D eigenvalue weighted by Crippen LogP contribution is -1.96. The van der Waals surface area contributed by atoms with Gasteiger partial charge in [-0.15, -0.1) is 0 Å². The van der Waals surface area contributed by atoms with E-state index in [1.54, 1.807) is 0 Å². The predicted octanol–water partition coefficient (Wildman–Crippen LogP) is 12.9. The Kier molecular flexibility index (Phi) is 7.83. The Labute approximate surface area is 318 Å². The summed E-state index contributed by atoms with van der Waals surface area (Å²) in [5.41, 5.74) is 13.0. The zero-order valence-electron chi connectivity index (χ0n) is 29.8. The molecule has 0 amide bonds. The molecule has 0 aliphatic carbocycles. The minimum absolute atomic E-state index is 0.623. The van der Waals surface area contributed by atoms with E-state index >= 15 is 0 Å². The molecular weight excluding hydrogens is 669 g/mol. The average Bonchev–Trinajstić information content (AvgIpc) is 3.61. The van der Waals surface area contributed by atoms with Crippen LogP contribution in [0.15, 0.2) is 194 Å². The van der Waals surface area contributed by atoms with Gasteiger partial charge in [-0.3, -0.25) is 0 Å². The van der Waals surface area contributed by atoms with E-state index in [1.807, 2.05) is 48.5 Å². The highest BCUT2D eigenvalue weighted by Gasteiger charge is 2.15. The van der Waals surface area contributed by atoms with E-state index in [9.17, 15) is 5.26 Å². The SMILES string of the molecule is N#Cc1cc(-c2ccc3ccc(-c4ccc(-c5nc(-c6ccccc6)cc(-c6ccccc6)n5)cc4)cc3c2)cc(-n2c3ccccc3c3ccccc32)c1. The highest BCUT2D eigenvalue weighted by molar-refractivity contribution is 6.09. The van der Waals surface area contributed by atoms with Crippen LogP contribution in [0.3, 0.4) is 0 Å². The molecule has 0 unspecified atom stereocenters. The Morgan fingerprint density at radius 3 is 1.47 bits per heavy atom. The van der Waals surface area contributed by atoms with Crippen molar-refractivity contribution < 1.29 is 0 Å². The number of fused-ring (bicyclic) bond motifs is 4. The minimum atomic E-state index is 0.623. The fourth-order valence-corrected chi connectivity index (χ4v) is 7.68. The van der Waals surface area contributed by atoms with Crippen LogP contribution < -0.4 is 0 Å². The van der Waals surface area contributed by atoms with Gasteiger partial charge in [0.25, 0.3) is 0 Å². The smallest absolute Gasteiger partial charge is 0.160 e. The number of nitrogens with zero attached hydrogens (tertiary/aromatic N) is 4. The molecule has 0 saturated carbocycles. The molecule has 0 fully saturated rings. The van der Waals surface area contributed by atoms with Gasteiger partial charge in [-0.25, -0.2) is 9.97 Å². The number of aromatic nitrogens is 3. The summed E-state index contributed by atoms with van der Waals surface area (Å²) in [5.74, 6) is 0.690. The number of hydrogen-bond donors (Lipinski definition) is 0. The topological polar surface area (TPSA) is 54.5 Å². The Balaban J connectivity index is 1.01. The van der Waals surface area contributed by atoms with Gasteiger partial charge in [0.05, 0.1) is 34.1 Å². The molecule has 0 spiro atoms. The number of nitriles is 1. The first-order valence-electron chi connectivity index (χ1n) is 18.4. The van der Waals surface area contributed by atoms with Crippen LogP contribution in [0.2, 0.25) is 0 Å². The molecule has 4 nitrogen and oxygen atoms in total. The van der Waals surface area contributed by atoms with Gasteiger partial charge in [0.15, 0.2) is 5.82 Å². The first-order valence-corrected chi connectivity index (χ1v) is 18.4. The summed E-state index contributed by atoms with van der Waals surface area (Å²) in [7, 11) is 0. The molecule has 0 atom stereocenters. The molecule has 0 bridgehead atoms. The summed E-state index contributed by atoms with van der Waals surface area (Å²) >= 11 is 0. The largest absolute Gasteiger partial charge is 0.309 e. The molecule has 0 saturated heterocycles. The van der Waals surface area contributed by atoms with Crippen LogP contribution >= 0.6 is 0 Å². The third-order valence-corrected chi connectivity index (χ3v) is 10.4. The summed E-state index contributed by atoms with van der Waals surface area (Å²) in [4.78, 5) is 10.0. The normalized spacial score (nSPS) is 11.3. The number of para-hydroxylation sites is 2. The summed E-state index contributed by atoms with van der Waals surface area (Å²) in [6.45, 7) is 0. The van der Waals surface area contributed by atoms with E-state index in [-0.39, 0.29) is 0 Å². The van der Waals surface area contributed by atoms with Gasteiger partial charge in [0, 0.05) is 33.2 Å². The van der Waals surface area contributed by atoms with Crippen molar-refractivity contribution in [2.45, 2.75) is 0 Å². The lowest BCUT2D eigenvalue weighted by molar-refractivity contribution is 1.18. The van der Waals surface area contributed by atoms with Crippen molar-refractivity contribution >= 4 is 32.6 Å². The lowest BCUT2D eigenvalue weighted by atomic mass is 9.96. The molecule has 0 N–H and O–H groups in total. The van der Waals surface area contributed by atoms with Gasteiger partial charge >= 0.3 is 0 Å². The molecule has 55 heavy (non-hydrogen) atoms. The summed E-state index contributed by atoms with van der Waals surface area (Å²) in [6, 6.07) is 69.7. The van der Waals surface area contributed by atoms with Gasteiger partial charge < -0.3 is 4.57 Å². The number of benzene rings is 8. The quantitative estimate of drug-likeness (QED) is 0.173. The predicted molar refractivity (Wildman–Crippen MR) is 226 cm³/mol. The van der Waals surface area contributed by atoms with E-state index in [4.69, 9.17) is 9.97 Å². The van der Waals surface area contributed by atoms with Crippen LogP contribution in [0.1, 0.15) is 5.56 Å². The van der Waals surface area contributed by atoms with Gasteiger partial charge in [-0.1, -0.05) is 146 Å². The molecule has 0 aliphatic rings. The van der Waals surface area contributed by atoms with Crippen LogP contribution in [-0.2, 0) is 0 Å². The third-order valence-electron chi connectivity index (χ3n) is 10.4. The summed E-state index contributed by atoms with van der Waals surface area (Å²) in [5, 5.41) is 14.8. The van der Waals surface area contributed by atoms with E-state index in [0.29, 0.717) is 11.4 Å². The monoisotopic (exact) mass is 700 g/mol. The van der Waals surface area contributed by atoms with Gasteiger partial charge in [0.2, 0.25) is 0 Å². The zero-order chi connectivity index (χ0) is 36.7. The Bertz CT molecular complexity index is 2970. The molecule has 2 heterocycles. The fraction of sp³-hybridized carbons (Fsp3) is 0. The maximum Gasteiger partial charge on any atom is 0.160 e. The third kappa shape index (κ3) is 5.91. The van der Waals surface area contributed by atoms with Crippen LogP contribution in [0.5, 0.6) is 0 Å². The van der Waals surface area contributed by atoms with Gasteiger partial charge in [-0.05, 0) is 81.6 Å². The maximum atomic E-state index is 10.1. The molecule has 10 aromatic rings. The van der Waals surface area contributed by atoms with E-state index in [1.165, 1.54) is 10.8 Å². The van der Waals surface area contributed by atoms with E-state index in [0.717, 1.165) is 77.8 Å². The zero-order valence-corrected chi connectivity index (χ0v) is 29.8. The molecule has 4 heteroatoms. The van der Waals surface area contributed by atoms with Crippen molar-refractivity contribution in [2.75, 3.05) is 0 Å². The van der Waals surface area contributed by atoms with Gasteiger partial charge in [0.1, 0.15) is 0 Å². The maximum absolute atomic E-state index is 10.1.